The number of nitrogens with zero attached hydrogens (tertiary/aromatic N) is 4. The van der Waals surface area contributed by atoms with Crippen LogP contribution >= 0.6 is 22.9 Å². The van der Waals surface area contributed by atoms with E-state index in [0.29, 0.717) is 17.5 Å². The van der Waals surface area contributed by atoms with Crippen LogP contribution in [0.3, 0.4) is 0 Å². The van der Waals surface area contributed by atoms with Gasteiger partial charge in [-0.3, -0.25) is 0 Å². The summed E-state index contributed by atoms with van der Waals surface area (Å²) in [4.78, 5) is 0.747. The molecule has 2 aromatic heterocycles. The third-order valence-electron chi connectivity index (χ3n) is 2.40. The van der Waals surface area contributed by atoms with Crippen molar-refractivity contribution in [2.75, 3.05) is 7.11 Å². The molecular formula is C11H9ClN4OS. The van der Waals surface area contributed by atoms with Gasteiger partial charge in [-0.05, 0) is 12.1 Å². The average Bonchev–Trinajstić information content (AvgIpc) is 2.92. The van der Waals surface area contributed by atoms with E-state index < -0.39 is 0 Å². The van der Waals surface area contributed by atoms with Crippen molar-refractivity contribution >= 4 is 27.9 Å². The van der Waals surface area contributed by atoms with Gasteiger partial charge in [0.05, 0.1) is 0 Å². The van der Waals surface area contributed by atoms with Crippen molar-refractivity contribution in [2.45, 2.75) is 6.61 Å². The lowest BCUT2D eigenvalue weighted by molar-refractivity contribution is 0.176. The summed E-state index contributed by atoms with van der Waals surface area (Å²) in [6.07, 6.45) is 0. The first-order valence-corrected chi connectivity index (χ1v) is 6.43. The molecule has 3 rings (SSSR count). The number of halogens is 1. The third-order valence-corrected chi connectivity index (χ3v) is 3.58. The molecule has 3 aromatic rings. The van der Waals surface area contributed by atoms with E-state index in [1.165, 1.54) is 11.3 Å². The Morgan fingerprint density at radius 3 is 3.06 bits per heavy atom. The highest BCUT2D eigenvalue weighted by Gasteiger charge is 2.12. The van der Waals surface area contributed by atoms with Crippen molar-refractivity contribution < 1.29 is 4.74 Å². The highest BCUT2D eigenvalue weighted by Crippen LogP contribution is 2.27. The van der Waals surface area contributed by atoms with Crippen LogP contribution < -0.4 is 0 Å². The summed E-state index contributed by atoms with van der Waals surface area (Å²) in [7, 11) is 1.62. The zero-order valence-electron chi connectivity index (χ0n) is 9.50. The van der Waals surface area contributed by atoms with Gasteiger partial charge in [0.25, 0.3) is 0 Å². The maximum atomic E-state index is 5.97. The minimum absolute atomic E-state index is 0.389. The lowest BCUT2D eigenvalue weighted by Crippen LogP contribution is -1.97. The molecule has 0 saturated heterocycles. The summed E-state index contributed by atoms with van der Waals surface area (Å²) in [5.41, 5.74) is 0.973. The quantitative estimate of drug-likeness (QED) is 0.740. The number of ether oxygens (including phenoxy) is 1. The Hall–Kier alpha value is -1.50. The molecule has 0 bridgehead atoms. The van der Waals surface area contributed by atoms with Gasteiger partial charge >= 0.3 is 0 Å². The summed E-state index contributed by atoms with van der Waals surface area (Å²) in [6.45, 7) is 0.389. The van der Waals surface area contributed by atoms with Crippen molar-refractivity contribution in [1.82, 2.24) is 19.8 Å². The first-order chi connectivity index (χ1) is 8.78. The Morgan fingerprint density at radius 1 is 1.39 bits per heavy atom. The molecular weight excluding hydrogens is 272 g/mol. The number of hydrogen-bond acceptors (Lipinski definition) is 5. The summed E-state index contributed by atoms with van der Waals surface area (Å²) >= 11 is 7.44. The zero-order valence-corrected chi connectivity index (χ0v) is 11.1. The Kier molecular flexibility index (Phi) is 2.99. The van der Waals surface area contributed by atoms with Crippen LogP contribution in [0.4, 0.5) is 0 Å². The van der Waals surface area contributed by atoms with Gasteiger partial charge < -0.3 is 4.74 Å². The predicted octanol–water partition coefficient (Wildman–Crippen LogP) is 2.65. The number of methoxy groups -OCH3 is 1. The first-order valence-electron chi connectivity index (χ1n) is 5.24. The molecule has 0 N–H and O–H groups in total. The second-order valence-corrected chi connectivity index (χ2v) is 5.05. The molecule has 2 heterocycles. The standard InChI is InChI=1S/C11H9ClN4OS/c1-17-6-9-13-14-11-16(9)15-10(18-11)7-3-2-4-8(12)5-7/h2-5H,6H2,1H3. The molecule has 0 atom stereocenters. The molecule has 0 radical (unpaired) electrons. The maximum absolute atomic E-state index is 5.97. The van der Waals surface area contributed by atoms with Crippen molar-refractivity contribution in [3.8, 4) is 10.6 Å². The smallest absolute Gasteiger partial charge is 0.235 e. The van der Waals surface area contributed by atoms with E-state index in [0.717, 1.165) is 15.5 Å². The van der Waals surface area contributed by atoms with Crippen LogP contribution in [0.5, 0.6) is 0 Å². The molecule has 0 fully saturated rings. The molecule has 18 heavy (non-hydrogen) atoms. The molecule has 0 amide bonds. The molecule has 1 aromatic carbocycles. The first kappa shape index (κ1) is 11.6. The van der Waals surface area contributed by atoms with E-state index in [-0.39, 0.29) is 0 Å². The molecule has 0 unspecified atom stereocenters. The summed E-state index contributed by atoms with van der Waals surface area (Å²) in [5, 5.41) is 14.1. The van der Waals surface area contributed by atoms with Crippen molar-refractivity contribution in [2.24, 2.45) is 0 Å². The molecule has 92 valence electrons. The second kappa shape index (κ2) is 4.64. The SMILES string of the molecule is COCc1nnc2sc(-c3cccc(Cl)c3)nn12. The van der Waals surface area contributed by atoms with Gasteiger partial charge in [-0.25, -0.2) is 0 Å². The molecule has 0 aliphatic rings. The van der Waals surface area contributed by atoms with Gasteiger partial charge in [-0.15, -0.1) is 10.2 Å². The van der Waals surface area contributed by atoms with Crippen molar-refractivity contribution in [1.29, 1.82) is 0 Å². The van der Waals surface area contributed by atoms with Crippen LogP contribution in [0.15, 0.2) is 24.3 Å². The van der Waals surface area contributed by atoms with E-state index in [2.05, 4.69) is 15.3 Å². The number of rotatable bonds is 3. The number of fused-ring (bicyclic) bond motifs is 1. The van der Waals surface area contributed by atoms with E-state index in [1.807, 2.05) is 24.3 Å². The average molecular weight is 281 g/mol. The lowest BCUT2D eigenvalue weighted by Gasteiger charge is -1.96. The number of aromatic nitrogens is 4. The highest BCUT2D eigenvalue weighted by atomic mass is 35.5. The largest absolute Gasteiger partial charge is 0.377 e. The topological polar surface area (TPSA) is 52.3 Å². The molecule has 0 spiro atoms. The third kappa shape index (κ3) is 1.98. The molecule has 0 saturated carbocycles. The van der Waals surface area contributed by atoms with E-state index in [1.54, 1.807) is 11.6 Å². The van der Waals surface area contributed by atoms with Crippen LogP contribution in [0.25, 0.3) is 15.5 Å². The van der Waals surface area contributed by atoms with Gasteiger partial charge in [-0.2, -0.15) is 9.61 Å². The zero-order chi connectivity index (χ0) is 12.5. The lowest BCUT2D eigenvalue weighted by atomic mass is 10.2. The molecule has 5 nitrogen and oxygen atoms in total. The fourth-order valence-corrected chi connectivity index (χ4v) is 2.66. The van der Waals surface area contributed by atoms with Crippen LogP contribution in [0, 0.1) is 0 Å². The van der Waals surface area contributed by atoms with Crippen molar-refractivity contribution in [3.05, 3.63) is 35.1 Å². The fourth-order valence-electron chi connectivity index (χ4n) is 1.61. The minimum Gasteiger partial charge on any atom is -0.377 e. The molecule has 0 aliphatic carbocycles. The van der Waals surface area contributed by atoms with Crippen LogP contribution in [-0.4, -0.2) is 26.9 Å². The maximum Gasteiger partial charge on any atom is 0.235 e. The molecule has 7 heteroatoms. The predicted molar refractivity (Wildman–Crippen MR) is 69.8 cm³/mol. The fraction of sp³-hybridized carbons (Fsp3) is 0.182. The van der Waals surface area contributed by atoms with Gasteiger partial charge in [0.2, 0.25) is 4.96 Å². The van der Waals surface area contributed by atoms with Gasteiger partial charge in [0.1, 0.15) is 11.6 Å². The van der Waals surface area contributed by atoms with Crippen LogP contribution in [-0.2, 0) is 11.3 Å². The summed E-state index contributed by atoms with van der Waals surface area (Å²) in [6, 6.07) is 7.58. The second-order valence-electron chi connectivity index (χ2n) is 3.66. The highest BCUT2D eigenvalue weighted by molar-refractivity contribution is 7.19. The summed E-state index contributed by atoms with van der Waals surface area (Å²) in [5.74, 6) is 0.692. The Balaban J connectivity index is 2.08. The number of benzene rings is 1. The van der Waals surface area contributed by atoms with Gasteiger partial charge in [0, 0.05) is 17.7 Å². The van der Waals surface area contributed by atoms with E-state index in [4.69, 9.17) is 16.3 Å². The van der Waals surface area contributed by atoms with E-state index >= 15 is 0 Å². The Morgan fingerprint density at radius 2 is 2.28 bits per heavy atom. The van der Waals surface area contributed by atoms with Crippen LogP contribution in [0.2, 0.25) is 5.02 Å². The molecule has 0 aliphatic heterocycles. The Labute approximate surface area is 112 Å². The van der Waals surface area contributed by atoms with Gasteiger partial charge in [-0.1, -0.05) is 35.1 Å². The van der Waals surface area contributed by atoms with Crippen LogP contribution in [0.1, 0.15) is 5.82 Å². The monoisotopic (exact) mass is 280 g/mol. The normalized spacial score (nSPS) is 11.2. The van der Waals surface area contributed by atoms with Gasteiger partial charge in [0.15, 0.2) is 5.82 Å². The van der Waals surface area contributed by atoms with Crippen molar-refractivity contribution in [3.63, 3.8) is 0 Å². The number of hydrogen-bond donors (Lipinski definition) is 0. The van der Waals surface area contributed by atoms with E-state index in [9.17, 15) is 0 Å². The Bertz CT molecular complexity index is 693. The summed E-state index contributed by atoms with van der Waals surface area (Å²) < 4.78 is 6.75. The minimum atomic E-state index is 0.389.